The quantitative estimate of drug-likeness (QED) is 0.644. The van der Waals surface area contributed by atoms with Crippen LogP contribution in [-0.2, 0) is 14.8 Å². The first kappa shape index (κ1) is 13.2. The highest BCUT2D eigenvalue weighted by atomic mass is 32.2. The molecule has 2 amide bonds. The largest absolute Gasteiger partial charge is 0.364 e. The molecule has 0 aromatic rings. The van der Waals surface area contributed by atoms with E-state index in [1.54, 1.807) is 4.90 Å². The Morgan fingerprint density at radius 1 is 1.31 bits per heavy atom. The third-order valence-corrected chi connectivity index (χ3v) is 3.67. The van der Waals surface area contributed by atoms with Crippen molar-refractivity contribution in [3.8, 4) is 0 Å². The van der Waals surface area contributed by atoms with Crippen LogP contribution in [0.25, 0.3) is 0 Å². The van der Waals surface area contributed by atoms with Crippen LogP contribution in [0.1, 0.15) is 0 Å². The Kier molecular flexibility index (Phi) is 4.51. The summed E-state index contributed by atoms with van der Waals surface area (Å²) in [6.07, 6.45) is 1.17. The number of rotatable bonds is 3. The van der Waals surface area contributed by atoms with Crippen molar-refractivity contribution in [2.45, 2.75) is 0 Å². The molecule has 94 valence electrons. The van der Waals surface area contributed by atoms with Crippen molar-refractivity contribution in [3.05, 3.63) is 0 Å². The van der Waals surface area contributed by atoms with E-state index in [0.717, 1.165) is 0 Å². The van der Waals surface area contributed by atoms with Crippen molar-refractivity contribution < 1.29 is 17.9 Å². The van der Waals surface area contributed by atoms with Crippen LogP contribution >= 0.6 is 0 Å². The molecule has 0 aromatic carbocycles. The Bertz CT molecular complexity index is 335. The highest BCUT2D eigenvalue weighted by molar-refractivity contribution is 7.88. The van der Waals surface area contributed by atoms with Gasteiger partial charge in [-0.2, -0.15) is 4.31 Å². The Morgan fingerprint density at radius 3 is 2.31 bits per heavy atom. The van der Waals surface area contributed by atoms with E-state index in [2.05, 4.69) is 5.32 Å². The number of nitrogens with one attached hydrogen (secondary N) is 1. The van der Waals surface area contributed by atoms with Crippen molar-refractivity contribution in [1.82, 2.24) is 14.5 Å². The SMILES string of the molecule is COCNC(=O)N1CCN(S(C)(=O)=O)CC1. The lowest BCUT2D eigenvalue weighted by molar-refractivity contribution is 0.142. The number of urea groups is 1. The van der Waals surface area contributed by atoms with Gasteiger partial charge in [0.2, 0.25) is 10.0 Å². The van der Waals surface area contributed by atoms with Crippen molar-refractivity contribution in [2.24, 2.45) is 0 Å². The molecule has 1 fully saturated rings. The molecule has 1 rings (SSSR count). The maximum absolute atomic E-state index is 11.5. The Balaban J connectivity index is 2.40. The molecule has 1 aliphatic heterocycles. The summed E-state index contributed by atoms with van der Waals surface area (Å²) in [4.78, 5) is 13.1. The topological polar surface area (TPSA) is 79.0 Å². The van der Waals surface area contributed by atoms with E-state index in [1.807, 2.05) is 0 Å². The van der Waals surface area contributed by atoms with Crippen LogP contribution in [0.2, 0.25) is 0 Å². The second-order valence-corrected chi connectivity index (χ2v) is 5.55. The van der Waals surface area contributed by atoms with E-state index < -0.39 is 10.0 Å². The zero-order valence-corrected chi connectivity index (χ0v) is 10.3. The van der Waals surface area contributed by atoms with Gasteiger partial charge in [0.05, 0.1) is 6.26 Å². The average molecular weight is 251 g/mol. The van der Waals surface area contributed by atoms with Crippen LogP contribution in [0.4, 0.5) is 4.79 Å². The number of nitrogens with zero attached hydrogens (tertiary/aromatic N) is 2. The minimum Gasteiger partial charge on any atom is -0.364 e. The molecule has 8 heteroatoms. The summed E-state index contributed by atoms with van der Waals surface area (Å²) < 4.78 is 28.5. The van der Waals surface area contributed by atoms with E-state index in [9.17, 15) is 13.2 Å². The first-order chi connectivity index (χ1) is 7.45. The number of hydrogen-bond acceptors (Lipinski definition) is 4. The standard InChI is InChI=1S/C8H17N3O4S/c1-15-7-9-8(12)10-3-5-11(6-4-10)16(2,13)14/h3-7H2,1-2H3,(H,9,12). The van der Waals surface area contributed by atoms with Crippen molar-refractivity contribution in [1.29, 1.82) is 0 Å². The summed E-state index contributed by atoms with van der Waals surface area (Å²) in [5.41, 5.74) is 0. The van der Waals surface area contributed by atoms with Gasteiger partial charge in [0.25, 0.3) is 0 Å². The number of carbonyl (C=O) groups excluding carboxylic acids is 1. The molecule has 1 N–H and O–H groups in total. The number of methoxy groups -OCH3 is 1. The molecular weight excluding hydrogens is 234 g/mol. The van der Waals surface area contributed by atoms with Gasteiger partial charge in [-0.3, -0.25) is 0 Å². The monoisotopic (exact) mass is 251 g/mol. The molecule has 1 aliphatic rings. The number of hydrogen-bond donors (Lipinski definition) is 1. The van der Waals surface area contributed by atoms with Gasteiger partial charge in [0.1, 0.15) is 6.73 Å². The minimum absolute atomic E-state index is 0.158. The van der Waals surface area contributed by atoms with Gasteiger partial charge < -0.3 is 15.0 Å². The smallest absolute Gasteiger partial charge is 0.319 e. The van der Waals surface area contributed by atoms with Crippen LogP contribution in [0, 0.1) is 0 Å². The number of piperazine rings is 1. The molecule has 1 heterocycles. The number of amides is 2. The van der Waals surface area contributed by atoms with E-state index in [0.29, 0.717) is 26.2 Å². The van der Waals surface area contributed by atoms with Crippen LogP contribution in [0.5, 0.6) is 0 Å². The summed E-state index contributed by atoms with van der Waals surface area (Å²) in [5, 5.41) is 2.55. The average Bonchev–Trinajstić information content (AvgIpc) is 2.25. The van der Waals surface area contributed by atoms with Crippen molar-refractivity contribution in [3.63, 3.8) is 0 Å². The second kappa shape index (κ2) is 5.46. The second-order valence-electron chi connectivity index (χ2n) is 3.56. The third-order valence-electron chi connectivity index (χ3n) is 2.36. The summed E-state index contributed by atoms with van der Waals surface area (Å²) in [6.45, 7) is 1.66. The van der Waals surface area contributed by atoms with Crippen molar-refractivity contribution >= 4 is 16.1 Å². The summed E-state index contributed by atoms with van der Waals surface area (Å²) in [6, 6.07) is -0.227. The zero-order valence-electron chi connectivity index (χ0n) is 9.47. The molecule has 16 heavy (non-hydrogen) atoms. The molecule has 7 nitrogen and oxygen atoms in total. The molecule has 0 saturated carbocycles. The van der Waals surface area contributed by atoms with Gasteiger partial charge in [-0.05, 0) is 0 Å². The van der Waals surface area contributed by atoms with Gasteiger partial charge in [-0.25, -0.2) is 13.2 Å². The number of ether oxygens (including phenoxy) is 1. The zero-order chi connectivity index (χ0) is 12.2. The summed E-state index contributed by atoms with van der Waals surface area (Å²) in [5.74, 6) is 0. The fraction of sp³-hybridized carbons (Fsp3) is 0.875. The van der Waals surface area contributed by atoms with E-state index in [1.165, 1.54) is 17.7 Å². The molecule has 0 radical (unpaired) electrons. The predicted molar refractivity (Wildman–Crippen MR) is 58.4 cm³/mol. The van der Waals surface area contributed by atoms with Gasteiger partial charge in [-0.15, -0.1) is 0 Å². The fourth-order valence-electron chi connectivity index (χ4n) is 1.47. The first-order valence-corrected chi connectivity index (χ1v) is 6.77. The molecule has 0 bridgehead atoms. The van der Waals surface area contributed by atoms with E-state index >= 15 is 0 Å². The third kappa shape index (κ3) is 3.62. The lowest BCUT2D eigenvalue weighted by Crippen LogP contribution is -2.53. The first-order valence-electron chi connectivity index (χ1n) is 4.92. The lowest BCUT2D eigenvalue weighted by atomic mass is 10.4. The summed E-state index contributed by atoms with van der Waals surface area (Å²) in [7, 11) is -1.65. The van der Waals surface area contributed by atoms with Gasteiger partial charge in [0, 0.05) is 33.3 Å². The highest BCUT2D eigenvalue weighted by Gasteiger charge is 2.25. The molecule has 0 unspecified atom stereocenters. The lowest BCUT2D eigenvalue weighted by Gasteiger charge is -2.33. The predicted octanol–water partition coefficient (Wildman–Crippen LogP) is -1.12. The van der Waals surface area contributed by atoms with E-state index in [4.69, 9.17) is 4.74 Å². The molecule has 0 aliphatic carbocycles. The van der Waals surface area contributed by atoms with Gasteiger partial charge >= 0.3 is 6.03 Å². The van der Waals surface area contributed by atoms with Gasteiger partial charge in [0.15, 0.2) is 0 Å². The van der Waals surface area contributed by atoms with Gasteiger partial charge in [-0.1, -0.05) is 0 Å². The Morgan fingerprint density at radius 2 is 1.88 bits per heavy atom. The highest BCUT2D eigenvalue weighted by Crippen LogP contribution is 2.05. The minimum atomic E-state index is -3.14. The van der Waals surface area contributed by atoms with Crippen LogP contribution in [0.15, 0.2) is 0 Å². The fourth-order valence-corrected chi connectivity index (χ4v) is 2.30. The maximum Gasteiger partial charge on any atom is 0.319 e. The number of carbonyl (C=O) groups is 1. The van der Waals surface area contributed by atoms with Crippen LogP contribution in [0.3, 0.4) is 0 Å². The summed E-state index contributed by atoms with van der Waals surface area (Å²) >= 11 is 0. The van der Waals surface area contributed by atoms with E-state index in [-0.39, 0.29) is 12.8 Å². The molecule has 0 spiro atoms. The van der Waals surface area contributed by atoms with Crippen molar-refractivity contribution in [2.75, 3.05) is 46.3 Å². The van der Waals surface area contributed by atoms with Crippen LogP contribution in [-0.4, -0.2) is 69.9 Å². The Labute approximate surface area is 95.4 Å². The molecular formula is C8H17N3O4S. The molecule has 0 atom stereocenters. The molecule has 0 aromatic heterocycles. The molecule has 1 saturated heterocycles. The van der Waals surface area contributed by atoms with Crippen LogP contribution < -0.4 is 5.32 Å². The Hall–Kier alpha value is -0.860. The maximum atomic E-state index is 11.5. The number of sulfonamides is 1. The normalized spacial score (nSPS) is 18.5.